The van der Waals surface area contributed by atoms with Crippen LogP contribution >= 0.6 is 27.5 Å². The standard InChI is InChI=1S/C19H21BrClNO/c20-17-3-1-2-14(12-17)13-22-10-8-16(9-11-22)19(23)15-4-6-18(21)7-5-15/h1-7,12,16,19,23H,8-11,13H2. The van der Waals surface area contributed by atoms with Crippen LogP contribution in [0.3, 0.4) is 0 Å². The van der Waals surface area contributed by atoms with E-state index in [0.717, 1.165) is 42.5 Å². The highest BCUT2D eigenvalue weighted by molar-refractivity contribution is 9.10. The van der Waals surface area contributed by atoms with Crippen LogP contribution in [0.15, 0.2) is 53.0 Å². The summed E-state index contributed by atoms with van der Waals surface area (Å²) in [6, 6.07) is 16.0. The van der Waals surface area contributed by atoms with Gasteiger partial charge >= 0.3 is 0 Å². The molecule has 122 valence electrons. The van der Waals surface area contributed by atoms with E-state index < -0.39 is 0 Å². The largest absolute Gasteiger partial charge is 0.388 e. The lowest BCUT2D eigenvalue weighted by atomic mass is 9.87. The molecule has 1 N–H and O–H groups in total. The average molecular weight is 395 g/mol. The van der Waals surface area contributed by atoms with Gasteiger partial charge in [-0.15, -0.1) is 0 Å². The minimum atomic E-state index is -0.389. The second-order valence-electron chi connectivity index (χ2n) is 6.24. The number of aliphatic hydroxyl groups excluding tert-OH is 1. The lowest BCUT2D eigenvalue weighted by Crippen LogP contribution is -2.35. The van der Waals surface area contributed by atoms with Crippen molar-refractivity contribution in [2.24, 2.45) is 5.92 Å². The SMILES string of the molecule is OC(c1ccc(Cl)cc1)C1CCN(Cc2cccc(Br)c2)CC1. The molecular weight excluding hydrogens is 374 g/mol. The van der Waals surface area contributed by atoms with E-state index in [1.165, 1.54) is 5.56 Å². The van der Waals surface area contributed by atoms with Crippen molar-refractivity contribution in [3.63, 3.8) is 0 Å². The minimum absolute atomic E-state index is 0.329. The quantitative estimate of drug-likeness (QED) is 0.784. The van der Waals surface area contributed by atoms with Crippen LogP contribution < -0.4 is 0 Å². The molecule has 1 aliphatic heterocycles. The molecule has 1 aliphatic rings. The lowest BCUT2D eigenvalue weighted by molar-refractivity contribution is 0.0568. The summed E-state index contributed by atoms with van der Waals surface area (Å²) < 4.78 is 1.13. The van der Waals surface area contributed by atoms with Crippen molar-refractivity contribution in [1.29, 1.82) is 0 Å². The maximum absolute atomic E-state index is 10.6. The maximum atomic E-state index is 10.6. The van der Waals surface area contributed by atoms with Gasteiger partial charge in [0, 0.05) is 16.0 Å². The number of nitrogens with zero attached hydrogens (tertiary/aromatic N) is 1. The Hall–Kier alpha value is -0.870. The zero-order valence-corrected chi connectivity index (χ0v) is 15.3. The van der Waals surface area contributed by atoms with E-state index in [4.69, 9.17) is 11.6 Å². The minimum Gasteiger partial charge on any atom is -0.388 e. The topological polar surface area (TPSA) is 23.5 Å². The summed E-state index contributed by atoms with van der Waals surface area (Å²) in [7, 11) is 0. The van der Waals surface area contributed by atoms with Crippen molar-refractivity contribution < 1.29 is 5.11 Å². The van der Waals surface area contributed by atoms with Crippen LogP contribution in [-0.2, 0) is 6.54 Å². The van der Waals surface area contributed by atoms with Crippen molar-refractivity contribution >= 4 is 27.5 Å². The highest BCUT2D eigenvalue weighted by Gasteiger charge is 2.26. The number of hydrogen-bond donors (Lipinski definition) is 1. The van der Waals surface area contributed by atoms with Gasteiger partial charge in [0.15, 0.2) is 0 Å². The molecule has 1 heterocycles. The summed E-state index contributed by atoms with van der Waals surface area (Å²) >= 11 is 9.44. The van der Waals surface area contributed by atoms with Crippen molar-refractivity contribution in [1.82, 2.24) is 4.90 Å². The smallest absolute Gasteiger partial charge is 0.0819 e. The van der Waals surface area contributed by atoms with Gasteiger partial charge in [0.2, 0.25) is 0 Å². The van der Waals surface area contributed by atoms with E-state index in [9.17, 15) is 5.11 Å². The van der Waals surface area contributed by atoms with E-state index in [-0.39, 0.29) is 6.10 Å². The van der Waals surface area contributed by atoms with E-state index in [1.807, 2.05) is 24.3 Å². The Kier molecular flexibility index (Phi) is 5.76. The molecule has 0 bridgehead atoms. The Balaban J connectivity index is 1.54. The first kappa shape index (κ1) is 17.0. The predicted octanol–water partition coefficient (Wildman–Crippen LogP) is 5.05. The molecule has 2 aromatic rings. The van der Waals surface area contributed by atoms with Crippen LogP contribution in [-0.4, -0.2) is 23.1 Å². The number of likely N-dealkylation sites (tertiary alicyclic amines) is 1. The normalized spacial score (nSPS) is 18.0. The number of halogens is 2. The molecule has 2 aromatic carbocycles. The Morgan fingerprint density at radius 3 is 2.48 bits per heavy atom. The summed E-state index contributed by atoms with van der Waals surface area (Å²) in [6.45, 7) is 3.03. The fourth-order valence-electron chi connectivity index (χ4n) is 3.25. The number of aliphatic hydroxyl groups is 1. The molecule has 0 amide bonds. The Morgan fingerprint density at radius 2 is 1.83 bits per heavy atom. The molecule has 1 saturated heterocycles. The molecule has 0 spiro atoms. The number of benzene rings is 2. The molecule has 3 rings (SSSR count). The van der Waals surface area contributed by atoms with Gasteiger partial charge < -0.3 is 5.11 Å². The van der Waals surface area contributed by atoms with Gasteiger partial charge in [0.05, 0.1) is 6.10 Å². The average Bonchev–Trinajstić information content (AvgIpc) is 2.56. The summed E-state index contributed by atoms with van der Waals surface area (Å²) in [5.74, 6) is 0.329. The van der Waals surface area contributed by atoms with E-state index in [1.54, 1.807) is 0 Å². The van der Waals surface area contributed by atoms with Gasteiger partial charge in [0.1, 0.15) is 0 Å². The number of hydrogen-bond acceptors (Lipinski definition) is 2. The van der Waals surface area contributed by atoms with Crippen LogP contribution in [0.25, 0.3) is 0 Å². The van der Waals surface area contributed by atoms with Gasteiger partial charge in [0.25, 0.3) is 0 Å². The molecule has 4 heteroatoms. The molecule has 0 radical (unpaired) electrons. The van der Waals surface area contributed by atoms with Crippen LogP contribution in [0.4, 0.5) is 0 Å². The Morgan fingerprint density at radius 1 is 1.13 bits per heavy atom. The van der Waals surface area contributed by atoms with Gasteiger partial charge in [-0.3, -0.25) is 4.90 Å². The third-order valence-corrected chi connectivity index (χ3v) is 5.33. The zero-order chi connectivity index (χ0) is 16.2. The van der Waals surface area contributed by atoms with Crippen LogP contribution in [0.2, 0.25) is 5.02 Å². The first-order valence-electron chi connectivity index (χ1n) is 8.02. The summed E-state index contributed by atoms with van der Waals surface area (Å²) in [5, 5.41) is 11.3. The summed E-state index contributed by atoms with van der Waals surface area (Å²) in [6.07, 6.45) is 1.66. The molecular formula is C19H21BrClNO. The second kappa shape index (κ2) is 7.80. The van der Waals surface area contributed by atoms with E-state index in [0.29, 0.717) is 10.9 Å². The molecule has 1 atom stereocenters. The molecule has 0 aliphatic carbocycles. The molecule has 1 unspecified atom stereocenters. The first-order valence-corrected chi connectivity index (χ1v) is 9.19. The monoisotopic (exact) mass is 393 g/mol. The molecule has 0 aromatic heterocycles. The highest BCUT2D eigenvalue weighted by atomic mass is 79.9. The Labute approximate surface area is 151 Å². The third kappa shape index (κ3) is 4.57. The van der Waals surface area contributed by atoms with Crippen LogP contribution in [0.1, 0.15) is 30.1 Å². The molecule has 0 saturated carbocycles. The number of piperidine rings is 1. The maximum Gasteiger partial charge on any atom is 0.0819 e. The van der Waals surface area contributed by atoms with Crippen molar-refractivity contribution in [2.75, 3.05) is 13.1 Å². The van der Waals surface area contributed by atoms with Gasteiger partial charge in [-0.1, -0.05) is 51.8 Å². The van der Waals surface area contributed by atoms with Crippen LogP contribution in [0.5, 0.6) is 0 Å². The molecule has 23 heavy (non-hydrogen) atoms. The van der Waals surface area contributed by atoms with E-state index >= 15 is 0 Å². The second-order valence-corrected chi connectivity index (χ2v) is 7.59. The summed E-state index contributed by atoms with van der Waals surface area (Å²) in [4.78, 5) is 2.47. The fraction of sp³-hybridized carbons (Fsp3) is 0.368. The van der Waals surface area contributed by atoms with Crippen LogP contribution in [0, 0.1) is 5.92 Å². The van der Waals surface area contributed by atoms with Crippen molar-refractivity contribution in [3.05, 3.63) is 69.2 Å². The highest BCUT2D eigenvalue weighted by Crippen LogP contribution is 2.31. The molecule has 2 nitrogen and oxygen atoms in total. The predicted molar refractivity (Wildman–Crippen MR) is 98.6 cm³/mol. The zero-order valence-electron chi connectivity index (χ0n) is 13.0. The van der Waals surface area contributed by atoms with E-state index in [2.05, 4.69) is 45.1 Å². The lowest BCUT2D eigenvalue weighted by Gasteiger charge is -2.34. The van der Waals surface area contributed by atoms with Crippen molar-refractivity contribution in [2.45, 2.75) is 25.5 Å². The fourth-order valence-corrected chi connectivity index (χ4v) is 3.83. The first-order chi connectivity index (χ1) is 11.1. The molecule has 1 fully saturated rings. The van der Waals surface area contributed by atoms with Gasteiger partial charge in [-0.25, -0.2) is 0 Å². The van der Waals surface area contributed by atoms with Gasteiger partial charge in [-0.05, 0) is 67.2 Å². The third-order valence-electron chi connectivity index (χ3n) is 4.59. The summed E-state index contributed by atoms with van der Waals surface area (Å²) in [5.41, 5.74) is 2.30. The Bertz CT molecular complexity index is 638. The van der Waals surface area contributed by atoms with Crippen molar-refractivity contribution in [3.8, 4) is 0 Å². The van der Waals surface area contributed by atoms with Gasteiger partial charge in [-0.2, -0.15) is 0 Å². The number of rotatable bonds is 4.